The van der Waals surface area contributed by atoms with Gasteiger partial charge in [-0.15, -0.1) is 0 Å². The summed E-state index contributed by atoms with van der Waals surface area (Å²) in [6.45, 7) is 4.27. The maximum absolute atomic E-state index is 12.5. The molecular formula is C21H32N2O2. The average molecular weight is 344 g/mol. The molecule has 0 bridgehead atoms. The van der Waals surface area contributed by atoms with Crippen molar-refractivity contribution in [3.63, 3.8) is 0 Å². The van der Waals surface area contributed by atoms with Crippen molar-refractivity contribution < 1.29 is 9.53 Å². The van der Waals surface area contributed by atoms with Crippen molar-refractivity contribution >= 4 is 5.91 Å². The van der Waals surface area contributed by atoms with E-state index in [9.17, 15) is 4.79 Å². The van der Waals surface area contributed by atoms with Crippen molar-refractivity contribution in [1.82, 2.24) is 9.80 Å². The van der Waals surface area contributed by atoms with Gasteiger partial charge in [-0.2, -0.15) is 0 Å². The van der Waals surface area contributed by atoms with Crippen molar-refractivity contribution in [2.45, 2.75) is 51.6 Å². The minimum atomic E-state index is 0.0901. The summed E-state index contributed by atoms with van der Waals surface area (Å²) in [7, 11) is 6.31. The number of benzene rings is 1. The van der Waals surface area contributed by atoms with E-state index in [0.717, 1.165) is 36.5 Å². The van der Waals surface area contributed by atoms with E-state index >= 15 is 0 Å². The van der Waals surface area contributed by atoms with Crippen LogP contribution >= 0.6 is 0 Å². The summed E-state index contributed by atoms with van der Waals surface area (Å²) in [5, 5.41) is 0. The van der Waals surface area contributed by atoms with Crippen molar-refractivity contribution in [3.05, 3.63) is 29.3 Å². The van der Waals surface area contributed by atoms with Crippen LogP contribution in [0.4, 0.5) is 0 Å². The number of likely N-dealkylation sites (N-methyl/N-ethyl adjacent to an activating group) is 1. The smallest absolute Gasteiger partial charge is 0.260 e. The number of hydrogen-bond donors (Lipinski definition) is 0. The van der Waals surface area contributed by atoms with E-state index in [1.54, 1.807) is 0 Å². The molecule has 0 N–H and O–H groups in total. The minimum Gasteiger partial charge on any atom is -0.484 e. The lowest BCUT2D eigenvalue weighted by Gasteiger charge is -2.27. The van der Waals surface area contributed by atoms with Gasteiger partial charge in [0.1, 0.15) is 5.75 Å². The third kappa shape index (κ3) is 4.00. The molecule has 0 spiro atoms. The van der Waals surface area contributed by atoms with Crippen molar-refractivity contribution in [1.29, 1.82) is 0 Å². The Morgan fingerprint density at radius 1 is 1.00 bits per heavy atom. The number of fused-ring (bicyclic) bond motifs is 1. The van der Waals surface area contributed by atoms with Gasteiger partial charge in [-0.1, -0.05) is 6.07 Å². The molecule has 0 heterocycles. The fourth-order valence-electron chi connectivity index (χ4n) is 4.54. The Morgan fingerprint density at radius 3 is 2.16 bits per heavy atom. The van der Waals surface area contributed by atoms with E-state index in [-0.39, 0.29) is 12.5 Å². The molecule has 0 radical (unpaired) electrons. The summed E-state index contributed by atoms with van der Waals surface area (Å²) in [4.78, 5) is 16.8. The summed E-state index contributed by atoms with van der Waals surface area (Å²) in [5.41, 5.74) is 2.43. The van der Waals surface area contributed by atoms with Gasteiger partial charge in [0, 0.05) is 19.1 Å². The number of aryl methyl sites for hydroxylation is 2. The van der Waals surface area contributed by atoms with Crippen LogP contribution in [0.2, 0.25) is 0 Å². The fourth-order valence-corrected chi connectivity index (χ4v) is 4.54. The van der Waals surface area contributed by atoms with Gasteiger partial charge in [0.2, 0.25) is 0 Å². The molecule has 3 rings (SSSR count). The zero-order valence-corrected chi connectivity index (χ0v) is 16.3. The zero-order valence-electron chi connectivity index (χ0n) is 16.3. The number of carbonyl (C=O) groups excluding carboxylic acids is 1. The molecule has 2 aliphatic rings. The third-order valence-corrected chi connectivity index (χ3v) is 6.48. The Bertz CT molecular complexity index is 614. The molecule has 2 aliphatic carbocycles. The normalized spacial score (nSPS) is 28.2. The minimum absolute atomic E-state index is 0.0901. The Labute approximate surface area is 152 Å². The van der Waals surface area contributed by atoms with E-state index < -0.39 is 0 Å². The first-order chi connectivity index (χ1) is 11.8. The fraction of sp³-hybridized carbons (Fsp3) is 0.667. The molecular weight excluding hydrogens is 312 g/mol. The quantitative estimate of drug-likeness (QED) is 0.822. The number of amides is 1. The van der Waals surface area contributed by atoms with Gasteiger partial charge in [0.25, 0.3) is 5.91 Å². The molecule has 0 aromatic heterocycles. The van der Waals surface area contributed by atoms with Crippen LogP contribution in [0.5, 0.6) is 5.75 Å². The van der Waals surface area contributed by atoms with Gasteiger partial charge < -0.3 is 14.5 Å². The zero-order chi connectivity index (χ0) is 18.1. The van der Waals surface area contributed by atoms with E-state index in [1.807, 2.05) is 30.1 Å². The highest BCUT2D eigenvalue weighted by Crippen LogP contribution is 2.46. The summed E-state index contributed by atoms with van der Waals surface area (Å²) in [6, 6.07) is 7.10. The maximum Gasteiger partial charge on any atom is 0.260 e. The second kappa shape index (κ2) is 7.36. The van der Waals surface area contributed by atoms with E-state index in [4.69, 9.17) is 4.74 Å². The van der Waals surface area contributed by atoms with Crippen molar-refractivity contribution in [2.75, 3.05) is 27.7 Å². The molecule has 4 atom stereocenters. The highest BCUT2D eigenvalue weighted by molar-refractivity contribution is 5.77. The SMILES string of the molecule is Cc1ccc(OCC(=O)N(C)C2C[C@H]3CC(N(C)C)C[C@H]3C2)cc1C. The number of hydrogen-bond acceptors (Lipinski definition) is 3. The van der Waals surface area contributed by atoms with Crippen LogP contribution < -0.4 is 4.74 Å². The molecule has 1 aromatic carbocycles. The molecule has 25 heavy (non-hydrogen) atoms. The molecule has 4 heteroatoms. The van der Waals surface area contributed by atoms with Crippen LogP contribution in [0.25, 0.3) is 0 Å². The van der Waals surface area contributed by atoms with Crippen molar-refractivity contribution in [2.24, 2.45) is 11.8 Å². The van der Waals surface area contributed by atoms with Crippen LogP contribution in [0.3, 0.4) is 0 Å². The van der Waals surface area contributed by atoms with Crippen molar-refractivity contribution in [3.8, 4) is 5.75 Å². The number of rotatable bonds is 5. The van der Waals surface area contributed by atoms with Gasteiger partial charge in [0.05, 0.1) is 0 Å². The highest BCUT2D eigenvalue weighted by atomic mass is 16.5. The first kappa shape index (κ1) is 18.2. The lowest BCUT2D eigenvalue weighted by Crippen LogP contribution is -2.39. The molecule has 138 valence electrons. The molecule has 0 saturated heterocycles. The third-order valence-electron chi connectivity index (χ3n) is 6.48. The lowest BCUT2D eigenvalue weighted by molar-refractivity contribution is -0.134. The molecule has 2 unspecified atom stereocenters. The molecule has 1 amide bonds. The van der Waals surface area contributed by atoms with Gasteiger partial charge in [-0.25, -0.2) is 0 Å². The van der Waals surface area contributed by atoms with E-state index in [0.29, 0.717) is 6.04 Å². The van der Waals surface area contributed by atoms with Crippen LogP contribution in [0.1, 0.15) is 36.8 Å². The monoisotopic (exact) mass is 344 g/mol. The largest absolute Gasteiger partial charge is 0.484 e. The average Bonchev–Trinajstić information content (AvgIpc) is 3.13. The van der Waals surface area contributed by atoms with Crippen LogP contribution in [-0.4, -0.2) is 55.5 Å². The van der Waals surface area contributed by atoms with Gasteiger partial charge in [0.15, 0.2) is 6.61 Å². The van der Waals surface area contributed by atoms with Gasteiger partial charge in [-0.3, -0.25) is 4.79 Å². The molecule has 2 saturated carbocycles. The number of nitrogens with zero attached hydrogens (tertiary/aromatic N) is 2. The summed E-state index contributed by atoms with van der Waals surface area (Å²) in [6.07, 6.45) is 4.88. The molecule has 2 fully saturated rings. The van der Waals surface area contributed by atoms with Crippen LogP contribution in [0.15, 0.2) is 18.2 Å². The predicted octanol–water partition coefficient (Wildman–Crippen LogP) is 3.26. The Hall–Kier alpha value is -1.55. The first-order valence-electron chi connectivity index (χ1n) is 9.47. The van der Waals surface area contributed by atoms with Gasteiger partial charge >= 0.3 is 0 Å². The van der Waals surface area contributed by atoms with Crippen LogP contribution in [0, 0.1) is 25.7 Å². The highest BCUT2D eigenvalue weighted by Gasteiger charge is 2.44. The summed E-state index contributed by atoms with van der Waals surface area (Å²) < 4.78 is 5.73. The maximum atomic E-state index is 12.5. The second-order valence-corrected chi connectivity index (χ2v) is 8.27. The number of carbonyl (C=O) groups is 1. The molecule has 4 nitrogen and oxygen atoms in total. The standard InChI is InChI=1S/C21H32N2O2/c1-14-6-7-20(8-15(14)2)25-13-21(24)23(5)19-11-16-9-18(22(3)4)10-17(16)12-19/h6-8,16-19H,9-13H2,1-5H3/t16-,17+,18?,19?. The second-order valence-electron chi connectivity index (χ2n) is 8.27. The summed E-state index contributed by atoms with van der Waals surface area (Å²) in [5.74, 6) is 2.44. The topological polar surface area (TPSA) is 32.8 Å². The Kier molecular flexibility index (Phi) is 5.38. The number of ether oxygens (including phenoxy) is 1. The predicted molar refractivity (Wildman–Crippen MR) is 101 cm³/mol. The lowest BCUT2D eigenvalue weighted by atomic mass is 10.0. The molecule has 0 aliphatic heterocycles. The van der Waals surface area contributed by atoms with E-state index in [1.165, 1.54) is 24.0 Å². The van der Waals surface area contributed by atoms with Crippen LogP contribution in [-0.2, 0) is 4.79 Å². The first-order valence-corrected chi connectivity index (χ1v) is 9.47. The molecule has 1 aromatic rings. The summed E-state index contributed by atoms with van der Waals surface area (Å²) >= 11 is 0. The van der Waals surface area contributed by atoms with Gasteiger partial charge in [-0.05, 0) is 88.7 Å². The Balaban J connectivity index is 1.49. The van der Waals surface area contributed by atoms with E-state index in [2.05, 4.69) is 32.8 Å². The Morgan fingerprint density at radius 2 is 1.60 bits per heavy atom.